The molecule has 0 N–H and O–H groups in total. The number of ether oxygens (including phenoxy) is 1. The van der Waals surface area contributed by atoms with E-state index in [4.69, 9.17) is 15.6 Å². The number of rotatable bonds is 4. The van der Waals surface area contributed by atoms with Crippen LogP contribution < -0.4 is 10.4 Å². The van der Waals surface area contributed by atoms with Gasteiger partial charge in [0.1, 0.15) is 11.1 Å². The molecule has 5 aromatic rings. The highest BCUT2D eigenvalue weighted by Gasteiger charge is 2.17. The summed E-state index contributed by atoms with van der Waals surface area (Å²) >= 11 is 1.19. The van der Waals surface area contributed by atoms with Crippen molar-refractivity contribution in [2.24, 2.45) is 4.99 Å². The highest BCUT2D eigenvalue weighted by Crippen LogP contribution is 2.25. The lowest BCUT2D eigenvalue weighted by Gasteiger charge is -2.04. The van der Waals surface area contributed by atoms with Crippen LogP contribution in [0.3, 0.4) is 0 Å². The quantitative estimate of drug-likeness (QED) is 0.163. The fourth-order valence-electron chi connectivity index (χ4n) is 3.91. The second-order valence-electron chi connectivity index (χ2n) is 7.64. The van der Waals surface area contributed by atoms with Gasteiger partial charge in [-0.05, 0) is 48.0 Å². The summed E-state index contributed by atoms with van der Waals surface area (Å²) in [5.74, 6) is 1.37. The molecule has 2 aromatic heterocycles. The summed E-state index contributed by atoms with van der Waals surface area (Å²) in [7, 11) is 0. The van der Waals surface area contributed by atoms with Crippen molar-refractivity contribution < 1.29 is 18.7 Å². The summed E-state index contributed by atoms with van der Waals surface area (Å²) in [6, 6.07) is 17.8. The van der Waals surface area contributed by atoms with Crippen LogP contribution in [-0.2, 0) is 11.3 Å². The average Bonchev–Trinajstić information content (AvgIpc) is 3.19. The first kappa shape index (κ1) is 22.3. The minimum Gasteiger partial charge on any atom is -0.462 e. The maximum Gasteiger partial charge on any atom is 0.349 e. The van der Waals surface area contributed by atoms with Crippen molar-refractivity contribution >= 4 is 55.2 Å². The highest BCUT2D eigenvalue weighted by atomic mass is 32.1. The molecule has 172 valence electrons. The van der Waals surface area contributed by atoms with Gasteiger partial charge in [0, 0.05) is 5.39 Å². The van der Waals surface area contributed by atoms with E-state index in [1.165, 1.54) is 17.4 Å². The van der Waals surface area contributed by atoms with Crippen LogP contribution in [0.1, 0.15) is 27.6 Å². The van der Waals surface area contributed by atoms with Gasteiger partial charge in [-0.15, -0.1) is 6.42 Å². The number of hydrogen-bond acceptors (Lipinski definition) is 6. The molecule has 0 saturated carbocycles. The predicted molar refractivity (Wildman–Crippen MR) is 134 cm³/mol. The Hall–Kier alpha value is -4.48. The van der Waals surface area contributed by atoms with Gasteiger partial charge in [-0.1, -0.05) is 47.6 Å². The van der Waals surface area contributed by atoms with Crippen LogP contribution in [0.5, 0.6) is 0 Å². The number of nitrogens with zero attached hydrogens (tertiary/aromatic N) is 2. The molecular weight excluding hydrogens is 464 g/mol. The van der Waals surface area contributed by atoms with Crippen LogP contribution in [0.15, 0.2) is 74.9 Å². The van der Waals surface area contributed by atoms with Gasteiger partial charge in [-0.3, -0.25) is 4.79 Å². The second-order valence-corrected chi connectivity index (χ2v) is 8.65. The molecule has 0 spiro atoms. The second kappa shape index (κ2) is 9.05. The van der Waals surface area contributed by atoms with Crippen molar-refractivity contribution in [3.8, 4) is 12.3 Å². The van der Waals surface area contributed by atoms with Crippen LogP contribution >= 0.6 is 11.3 Å². The van der Waals surface area contributed by atoms with Gasteiger partial charge in [0.15, 0.2) is 4.80 Å². The summed E-state index contributed by atoms with van der Waals surface area (Å²) in [4.78, 5) is 42.4. The molecule has 3 aromatic carbocycles. The zero-order valence-electron chi connectivity index (χ0n) is 18.6. The average molecular weight is 483 g/mol. The zero-order valence-corrected chi connectivity index (χ0v) is 19.4. The van der Waals surface area contributed by atoms with E-state index in [0.29, 0.717) is 31.6 Å². The first-order valence-electron chi connectivity index (χ1n) is 10.8. The van der Waals surface area contributed by atoms with Gasteiger partial charge in [-0.2, -0.15) is 4.99 Å². The fourth-order valence-corrected chi connectivity index (χ4v) is 4.98. The van der Waals surface area contributed by atoms with E-state index in [2.05, 4.69) is 10.9 Å². The van der Waals surface area contributed by atoms with Crippen molar-refractivity contribution in [2.75, 3.05) is 6.61 Å². The topological polar surface area (TPSA) is 90.9 Å². The van der Waals surface area contributed by atoms with Gasteiger partial charge in [0.25, 0.3) is 5.91 Å². The number of hydrogen-bond donors (Lipinski definition) is 0. The van der Waals surface area contributed by atoms with Crippen LogP contribution in [0.4, 0.5) is 0 Å². The van der Waals surface area contributed by atoms with Gasteiger partial charge in [-0.25, -0.2) is 9.59 Å². The third-order valence-corrected chi connectivity index (χ3v) is 6.55. The number of terminal acetylenes is 1. The van der Waals surface area contributed by atoms with E-state index in [1.54, 1.807) is 35.8 Å². The molecule has 0 aliphatic carbocycles. The molecule has 0 bridgehead atoms. The van der Waals surface area contributed by atoms with E-state index < -0.39 is 17.5 Å². The van der Waals surface area contributed by atoms with Crippen molar-refractivity contribution in [2.45, 2.75) is 13.5 Å². The Morgan fingerprint density at radius 2 is 1.94 bits per heavy atom. The maximum atomic E-state index is 13.1. The Kier molecular flexibility index (Phi) is 5.77. The normalized spacial score (nSPS) is 11.7. The van der Waals surface area contributed by atoms with E-state index in [1.807, 2.05) is 30.3 Å². The summed E-state index contributed by atoms with van der Waals surface area (Å²) in [6.07, 6.45) is 5.55. The van der Waals surface area contributed by atoms with E-state index in [0.717, 1.165) is 10.8 Å². The van der Waals surface area contributed by atoms with Crippen LogP contribution in [-0.4, -0.2) is 23.1 Å². The molecule has 1 amide bonds. The van der Waals surface area contributed by atoms with E-state index in [9.17, 15) is 14.4 Å². The molecule has 8 heteroatoms. The first-order valence-corrected chi connectivity index (χ1v) is 11.6. The number of esters is 1. The molecule has 0 aliphatic heterocycles. The molecule has 0 fully saturated rings. The van der Waals surface area contributed by atoms with Crippen molar-refractivity contribution in [3.05, 3.63) is 87.0 Å². The summed E-state index contributed by atoms with van der Waals surface area (Å²) in [5.41, 5.74) is 0.542. The standard InChI is InChI=1S/C27H18N2O5S/c1-3-13-29-21-11-9-17(25(31)33-4-2)14-23(21)35-27(29)28-24(30)20-15-19-18-8-6-5-7-16(18)10-12-22(19)34-26(20)32/h1,5-12,14-15H,4,13H2,2H3. The highest BCUT2D eigenvalue weighted by molar-refractivity contribution is 7.16. The van der Waals surface area contributed by atoms with Crippen LogP contribution in [0.2, 0.25) is 0 Å². The number of benzene rings is 3. The van der Waals surface area contributed by atoms with Crippen molar-refractivity contribution in [1.82, 2.24) is 4.57 Å². The molecule has 2 heterocycles. The van der Waals surface area contributed by atoms with Gasteiger partial charge >= 0.3 is 11.6 Å². The summed E-state index contributed by atoms with van der Waals surface area (Å²) in [5, 5.41) is 2.46. The molecular formula is C27H18N2O5S. The first-order chi connectivity index (χ1) is 17.0. The number of amides is 1. The van der Waals surface area contributed by atoms with E-state index in [-0.39, 0.29) is 18.7 Å². The Morgan fingerprint density at radius 1 is 1.11 bits per heavy atom. The lowest BCUT2D eigenvalue weighted by atomic mass is 10.0. The minimum atomic E-state index is -0.768. The molecule has 35 heavy (non-hydrogen) atoms. The zero-order chi connectivity index (χ0) is 24.5. The molecule has 0 radical (unpaired) electrons. The van der Waals surface area contributed by atoms with Gasteiger partial charge in [0.05, 0.1) is 28.9 Å². The van der Waals surface area contributed by atoms with Crippen LogP contribution in [0.25, 0.3) is 32.0 Å². The van der Waals surface area contributed by atoms with Crippen molar-refractivity contribution in [3.63, 3.8) is 0 Å². The third kappa shape index (κ3) is 4.03. The summed E-state index contributed by atoms with van der Waals surface area (Å²) < 4.78 is 12.9. The monoisotopic (exact) mass is 482 g/mol. The Balaban J connectivity index is 1.66. The largest absolute Gasteiger partial charge is 0.462 e. The smallest absolute Gasteiger partial charge is 0.349 e. The van der Waals surface area contributed by atoms with Gasteiger partial charge in [0.2, 0.25) is 0 Å². The molecule has 0 saturated heterocycles. The SMILES string of the molecule is C#CCn1c(=NC(=O)c2cc3c(ccc4ccccc43)oc2=O)sc2cc(C(=O)OCC)ccc21. The lowest BCUT2D eigenvalue weighted by molar-refractivity contribution is 0.0526. The summed E-state index contributed by atoms with van der Waals surface area (Å²) in [6.45, 7) is 2.15. The Labute approximate surface area is 202 Å². The predicted octanol–water partition coefficient (Wildman–Crippen LogP) is 4.51. The maximum absolute atomic E-state index is 13.1. The molecule has 7 nitrogen and oxygen atoms in total. The number of fused-ring (bicyclic) bond motifs is 4. The number of carbonyl (C=O) groups excluding carboxylic acids is 2. The number of thiazole rings is 1. The number of carbonyl (C=O) groups is 2. The molecule has 0 atom stereocenters. The number of aromatic nitrogens is 1. The molecule has 5 rings (SSSR count). The Morgan fingerprint density at radius 3 is 2.74 bits per heavy atom. The van der Waals surface area contributed by atoms with Gasteiger partial charge < -0.3 is 13.7 Å². The van der Waals surface area contributed by atoms with Crippen molar-refractivity contribution in [1.29, 1.82) is 0 Å². The third-order valence-electron chi connectivity index (χ3n) is 5.51. The minimum absolute atomic E-state index is 0.155. The molecule has 0 unspecified atom stereocenters. The van der Waals surface area contributed by atoms with Crippen LogP contribution in [0, 0.1) is 12.3 Å². The van der Waals surface area contributed by atoms with E-state index >= 15 is 0 Å². The molecule has 0 aliphatic rings. The fraction of sp³-hybridized carbons (Fsp3) is 0.111. The lowest BCUT2D eigenvalue weighted by Crippen LogP contribution is -2.19. The Bertz CT molecular complexity index is 1820.